The number of fused-ring (bicyclic) bond motifs is 1. The second kappa shape index (κ2) is 12.8. The normalized spacial score (nSPS) is 24.9. The summed E-state index contributed by atoms with van der Waals surface area (Å²) in [6, 6.07) is 9.03. The smallest absolute Gasteiger partial charge is 0.261 e. The fraction of sp³-hybridized carbons (Fsp3) is 0.467. The van der Waals surface area contributed by atoms with Gasteiger partial charge in [-0.1, -0.05) is 25.3 Å². The van der Waals surface area contributed by atoms with Crippen molar-refractivity contribution in [1.29, 1.82) is 0 Å². The summed E-state index contributed by atoms with van der Waals surface area (Å²) in [7, 11) is 0. The van der Waals surface area contributed by atoms with Crippen molar-refractivity contribution in [3.63, 3.8) is 0 Å². The molecule has 1 aliphatic carbocycles. The summed E-state index contributed by atoms with van der Waals surface area (Å²) < 4.78 is 27.9. The molecule has 0 bridgehead atoms. The highest BCUT2D eigenvalue weighted by Crippen LogP contribution is 2.28. The lowest BCUT2D eigenvalue weighted by Gasteiger charge is -2.39. The minimum atomic E-state index is -1.61. The van der Waals surface area contributed by atoms with Gasteiger partial charge in [0.2, 0.25) is 11.7 Å². The molecule has 11 nitrogen and oxygen atoms in total. The minimum Gasteiger partial charge on any atom is -0.462 e. The Kier molecular flexibility index (Phi) is 9.09. The number of ether oxygens (including phenoxy) is 2. The van der Waals surface area contributed by atoms with E-state index in [9.17, 15) is 30.0 Å². The van der Waals surface area contributed by atoms with Crippen LogP contribution >= 0.6 is 0 Å². The van der Waals surface area contributed by atoms with Gasteiger partial charge < -0.3 is 45.1 Å². The Morgan fingerprint density at radius 2 is 1.86 bits per heavy atom. The van der Waals surface area contributed by atoms with Gasteiger partial charge >= 0.3 is 0 Å². The summed E-state index contributed by atoms with van der Waals surface area (Å²) >= 11 is 0. The molecule has 226 valence electrons. The lowest BCUT2D eigenvalue weighted by atomic mass is 9.95. The molecule has 2 aromatic carbocycles. The zero-order valence-electron chi connectivity index (χ0n) is 23.2. The van der Waals surface area contributed by atoms with Gasteiger partial charge in [-0.15, -0.1) is 0 Å². The molecule has 1 aliphatic heterocycles. The first-order valence-electron chi connectivity index (χ1n) is 14.2. The summed E-state index contributed by atoms with van der Waals surface area (Å²) in [6.07, 6.45) is -0.557. The number of halogens is 1. The van der Waals surface area contributed by atoms with Crippen LogP contribution in [0.5, 0.6) is 5.75 Å². The van der Waals surface area contributed by atoms with Crippen LogP contribution in [0, 0.1) is 5.82 Å². The average Bonchev–Trinajstić information content (AvgIpc) is 2.99. The minimum absolute atomic E-state index is 0.0934. The zero-order chi connectivity index (χ0) is 30.0. The number of aromatic nitrogens is 1. The van der Waals surface area contributed by atoms with Crippen LogP contribution in [0.2, 0.25) is 0 Å². The van der Waals surface area contributed by atoms with Crippen molar-refractivity contribution in [1.82, 2.24) is 4.57 Å². The number of aliphatic hydroxyl groups is 4. The highest BCUT2D eigenvalue weighted by atomic mass is 19.1. The van der Waals surface area contributed by atoms with Crippen molar-refractivity contribution >= 4 is 28.2 Å². The molecule has 0 radical (unpaired) electrons. The first-order chi connectivity index (χ1) is 20.2. The first-order valence-corrected chi connectivity index (χ1v) is 14.2. The number of rotatable bonds is 8. The van der Waals surface area contributed by atoms with E-state index in [1.807, 2.05) is 6.92 Å². The number of carbonyl (C=O) groups is 1. The van der Waals surface area contributed by atoms with Gasteiger partial charge in [-0.05, 0) is 44.0 Å². The van der Waals surface area contributed by atoms with Gasteiger partial charge in [-0.25, -0.2) is 4.39 Å². The highest BCUT2D eigenvalue weighted by molar-refractivity contribution is 6.06. The zero-order valence-corrected chi connectivity index (χ0v) is 23.2. The van der Waals surface area contributed by atoms with Gasteiger partial charge in [0.05, 0.1) is 17.8 Å². The lowest BCUT2D eigenvalue weighted by Crippen LogP contribution is -2.60. The number of anilines is 2. The quantitative estimate of drug-likeness (QED) is 0.233. The van der Waals surface area contributed by atoms with E-state index in [1.165, 1.54) is 30.8 Å². The third-order valence-electron chi connectivity index (χ3n) is 7.91. The van der Waals surface area contributed by atoms with Crippen LogP contribution in [0.3, 0.4) is 0 Å². The predicted octanol–water partition coefficient (Wildman–Crippen LogP) is 2.34. The molecule has 2 aliphatic rings. The SMILES string of the molecule is CCn1cc(C(=O)Nc2cccc(O[C@H]3O[C@H](CO)[C@@H](O)[C@H](O)[C@H]3O)c2)c(=O)c2cc(F)c(NC3CCCCC3)cc21. The maximum atomic E-state index is 15.1. The summed E-state index contributed by atoms with van der Waals surface area (Å²) in [5, 5.41) is 45.6. The molecule has 12 heteroatoms. The number of carbonyl (C=O) groups excluding carboxylic acids is 1. The van der Waals surface area contributed by atoms with E-state index < -0.39 is 54.5 Å². The van der Waals surface area contributed by atoms with Crippen molar-refractivity contribution in [3.05, 3.63) is 64.2 Å². The molecular weight excluding hydrogens is 549 g/mol. The maximum absolute atomic E-state index is 15.1. The van der Waals surface area contributed by atoms with Crippen molar-refractivity contribution < 1.29 is 39.1 Å². The number of amides is 1. The Bertz CT molecular complexity index is 1490. The van der Waals surface area contributed by atoms with Crippen LogP contribution in [0.4, 0.5) is 15.8 Å². The Morgan fingerprint density at radius 3 is 2.57 bits per heavy atom. The lowest BCUT2D eigenvalue weighted by molar-refractivity contribution is -0.277. The molecule has 2 fully saturated rings. The Morgan fingerprint density at radius 1 is 1.10 bits per heavy atom. The first kappa shape index (κ1) is 29.9. The van der Waals surface area contributed by atoms with Crippen LogP contribution in [-0.2, 0) is 11.3 Å². The molecule has 1 saturated heterocycles. The van der Waals surface area contributed by atoms with E-state index in [1.54, 1.807) is 22.8 Å². The summed E-state index contributed by atoms with van der Waals surface area (Å²) in [5.41, 5.74) is 0.335. The van der Waals surface area contributed by atoms with Crippen LogP contribution in [0.25, 0.3) is 10.9 Å². The maximum Gasteiger partial charge on any atom is 0.261 e. The molecule has 5 rings (SSSR count). The Balaban J connectivity index is 1.36. The van der Waals surface area contributed by atoms with E-state index in [2.05, 4.69) is 10.6 Å². The van der Waals surface area contributed by atoms with Gasteiger partial charge in [0.15, 0.2) is 0 Å². The Hall–Kier alpha value is -3.55. The number of pyridine rings is 1. The van der Waals surface area contributed by atoms with E-state index >= 15 is 4.39 Å². The number of benzene rings is 2. The van der Waals surface area contributed by atoms with Gasteiger partial charge in [0.25, 0.3) is 5.91 Å². The molecule has 1 saturated carbocycles. The van der Waals surface area contributed by atoms with Crippen LogP contribution in [0.1, 0.15) is 49.4 Å². The molecule has 1 aromatic heterocycles. The monoisotopic (exact) mass is 585 g/mol. The van der Waals surface area contributed by atoms with E-state index in [0.29, 0.717) is 17.7 Å². The molecule has 0 spiro atoms. The number of aliphatic hydroxyl groups excluding tert-OH is 4. The molecule has 3 aromatic rings. The predicted molar refractivity (Wildman–Crippen MR) is 153 cm³/mol. The molecule has 42 heavy (non-hydrogen) atoms. The van der Waals surface area contributed by atoms with Gasteiger partial charge in [-0.2, -0.15) is 0 Å². The van der Waals surface area contributed by atoms with E-state index in [0.717, 1.165) is 25.7 Å². The van der Waals surface area contributed by atoms with Gasteiger partial charge in [-0.3, -0.25) is 9.59 Å². The number of hydrogen-bond donors (Lipinski definition) is 6. The standard InChI is InChI=1S/C30H36FN3O8/c1-2-34-14-20(25(36)19-12-21(31)22(13-23(19)34)32-16-7-4-3-5-8-16)29(40)33-17-9-6-10-18(11-17)41-30-28(39)27(38)26(37)24(15-35)42-30/h6,9-14,16,24,26-28,30,32,35,37-39H,2-5,7-8,15H2,1H3,(H,33,40)/t24-,26-,27+,28-,30+/m1/s1. The second-order valence-corrected chi connectivity index (χ2v) is 10.8. The molecule has 6 N–H and O–H groups in total. The molecular formula is C30H36FN3O8. The molecule has 5 atom stereocenters. The van der Waals surface area contributed by atoms with Crippen molar-refractivity contribution in [2.24, 2.45) is 0 Å². The van der Waals surface area contributed by atoms with Crippen molar-refractivity contribution in [2.45, 2.75) is 82.3 Å². The average molecular weight is 586 g/mol. The third-order valence-corrected chi connectivity index (χ3v) is 7.91. The number of nitrogens with one attached hydrogen (secondary N) is 2. The van der Waals surface area contributed by atoms with E-state index in [-0.39, 0.29) is 28.4 Å². The number of nitrogens with zero attached hydrogens (tertiary/aromatic N) is 1. The van der Waals surface area contributed by atoms with Crippen molar-refractivity contribution in [2.75, 3.05) is 17.2 Å². The van der Waals surface area contributed by atoms with E-state index in [4.69, 9.17) is 9.47 Å². The molecule has 1 amide bonds. The number of aryl methyl sites for hydroxylation is 1. The fourth-order valence-corrected chi connectivity index (χ4v) is 5.56. The third kappa shape index (κ3) is 6.13. The summed E-state index contributed by atoms with van der Waals surface area (Å²) in [5.74, 6) is -1.12. The van der Waals surface area contributed by atoms with Gasteiger partial charge in [0, 0.05) is 35.9 Å². The van der Waals surface area contributed by atoms with Crippen LogP contribution in [-0.4, -0.2) is 74.3 Å². The number of hydrogen-bond acceptors (Lipinski definition) is 9. The highest BCUT2D eigenvalue weighted by Gasteiger charge is 2.44. The van der Waals surface area contributed by atoms with Crippen LogP contribution in [0.15, 0.2) is 47.4 Å². The topological polar surface area (TPSA) is 163 Å². The molecule has 2 heterocycles. The fourth-order valence-electron chi connectivity index (χ4n) is 5.56. The largest absolute Gasteiger partial charge is 0.462 e. The summed E-state index contributed by atoms with van der Waals surface area (Å²) in [4.78, 5) is 26.6. The van der Waals surface area contributed by atoms with Crippen LogP contribution < -0.4 is 20.8 Å². The Labute approximate surface area is 241 Å². The van der Waals surface area contributed by atoms with Gasteiger partial charge in [0.1, 0.15) is 41.5 Å². The summed E-state index contributed by atoms with van der Waals surface area (Å²) in [6.45, 7) is 1.70. The molecule has 0 unspecified atom stereocenters. The second-order valence-electron chi connectivity index (χ2n) is 10.8. The van der Waals surface area contributed by atoms with Crippen molar-refractivity contribution in [3.8, 4) is 5.75 Å².